The second-order valence-electron chi connectivity index (χ2n) is 7.04. The summed E-state index contributed by atoms with van der Waals surface area (Å²) in [6, 6.07) is 15.3. The Morgan fingerprint density at radius 1 is 0.968 bits per heavy atom. The van der Waals surface area contributed by atoms with Gasteiger partial charge in [0, 0.05) is 5.56 Å². The number of aliphatic carboxylic acids is 1. The average Bonchev–Trinajstić information content (AvgIpc) is 2.74. The van der Waals surface area contributed by atoms with Crippen LogP contribution >= 0.6 is 7.60 Å². The average molecular weight is 447 g/mol. The van der Waals surface area contributed by atoms with Gasteiger partial charge in [0.2, 0.25) is 0 Å². The lowest BCUT2D eigenvalue weighted by atomic mass is 10.0. The summed E-state index contributed by atoms with van der Waals surface area (Å²) >= 11 is 0. The molecule has 8 heteroatoms. The third-order valence-electron chi connectivity index (χ3n) is 4.65. The summed E-state index contributed by atoms with van der Waals surface area (Å²) in [5.41, 5.74) is 2.17. The highest BCUT2D eigenvalue weighted by atomic mass is 31.2. The minimum Gasteiger partial charge on any atom is -0.480 e. The summed E-state index contributed by atoms with van der Waals surface area (Å²) in [6.45, 7) is 4.05. The predicted octanol–water partition coefficient (Wildman–Crippen LogP) is 4.66. The number of hydrogen-bond donors (Lipinski definition) is 2. The summed E-state index contributed by atoms with van der Waals surface area (Å²) in [7, 11) is -3.23. The highest BCUT2D eigenvalue weighted by molar-refractivity contribution is 7.53. The van der Waals surface area contributed by atoms with Crippen molar-refractivity contribution in [2.24, 2.45) is 0 Å². The van der Waals surface area contributed by atoms with Gasteiger partial charge in [-0.05, 0) is 56.4 Å². The fourth-order valence-corrected chi connectivity index (χ4v) is 4.86. The summed E-state index contributed by atoms with van der Waals surface area (Å²) < 4.78 is 23.2. The number of nitrogens with one attached hydrogen (secondary N) is 1. The quantitative estimate of drug-likeness (QED) is 0.433. The summed E-state index contributed by atoms with van der Waals surface area (Å²) in [5, 5.41) is 12.1. The summed E-state index contributed by atoms with van der Waals surface area (Å²) in [6.07, 6.45) is 1.83. The molecule has 1 amide bonds. The zero-order valence-corrected chi connectivity index (χ0v) is 18.8. The van der Waals surface area contributed by atoms with E-state index < -0.39 is 25.5 Å². The van der Waals surface area contributed by atoms with Gasteiger partial charge in [0.25, 0.3) is 5.91 Å². The third kappa shape index (κ3) is 8.29. The van der Waals surface area contributed by atoms with E-state index >= 15 is 0 Å². The van der Waals surface area contributed by atoms with Crippen LogP contribution in [-0.2, 0) is 31.0 Å². The lowest BCUT2D eigenvalue weighted by Gasteiger charge is -2.17. The molecule has 2 N–H and O–H groups in total. The number of carbonyl (C=O) groups excluding carboxylic acids is 1. The first-order chi connectivity index (χ1) is 14.9. The maximum Gasteiger partial charge on any atom is 0.335 e. The second-order valence-corrected chi connectivity index (χ2v) is 9.10. The number of benzene rings is 2. The first kappa shape index (κ1) is 24.8. The van der Waals surface area contributed by atoms with Crippen LogP contribution < -0.4 is 5.32 Å². The van der Waals surface area contributed by atoms with Gasteiger partial charge in [0.1, 0.15) is 6.04 Å². The zero-order valence-electron chi connectivity index (χ0n) is 18.0. The van der Waals surface area contributed by atoms with Gasteiger partial charge < -0.3 is 19.5 Å². The fraction of sp³-hybridized carbons (Fsp3) is 0.391. The Morgan fingerprint density at radius 3 is 2.13 bits per heavy atom. The molecule has 2 aromatic carbocycles. The van der Waals surface area contributed by atoms with Crippen molar-refractivity contribution < 1.29 is 28.3 Å². The molecule has 2 aromatic rings. The lowest BCUT2D eigenvalue weighted by Crippen LogP contribution is -2.40. The van der Waals surface area contributed by atoms with E-state index in [0.717, 1.165) is 12.0 Å². The van der Waals surface area contributed by atoms with Crippen LogP contribution in [0.15, 0.2) is 54.6 Å². The van der Waals surface area contributed by atoms with E-state index in [1.165, 1.54) is 0 Å². The first-order valence-electron chi connectivity index (χ1n) is 10.4. The van der Waals surface area contributed by atoms with Crippen LogP contribution in [0.3, 0.4) is 0 Å². The minimum absolute atomic E-state index is 0.105. The number of carboxylic acids is 1. The van der Waals surface area contributed by atoms with Crippen LogP contribution in [0.5, 0.6) is 0 Å². The predicted molar refractivity (Wildman–Crippen MR) is 119 cm³/mol. The van der Waals surface area contributed by atoms with Crippen molar-refractivity contribution in [1.82, 2.24) is 5.32 Å². The molecule has 0 fully saturated rings. The number of aryl methyl sites for hydroxylation is 1. The molecule has 1 atom stereocenters. The Bertz CT molecular complexity index is 875. The van der Waals surface area contributed by atoms with Crippen LogP contribution in [0.1, 0.15) is 48.2 Å². The molecule has 0 saturated heterocycles. The number of carbonyl (C=O) groups is 2. The molecule has 0 bridgehead atoms. The van der Waals surface area contributed by atoms with Gasteiger partial charge in [-0.25, -0.2) is 4.79 Å². The van der Waals surface area contributed by atoms with Crippen molar-refractivity contribution in [3.05, 3.63) is 71.3 Å². The van der Waals surface area contributed by atoms with Crippen molar-refractivity contribution in [2.45, 2.75) is 45.3 Å². The normalized spacial score (nSPS) is 12.3. The van der Waals surface area contributed by atoms with Crippen molar-refractivity contribution in [2.75, 3.05) is 13.2 Å². The molecule has 0 aromatic heterocycles. The molecule has 2 rings (SSSR count). The lowest BCUT2D eigenvalue weighted by molar-refractivity contribution is -0.139. The Hall–Kier alpha value is -2.47. The molecule has 0 heterocycles. The minimum atomic E-state index is -3.23. The van der Waals surface area contributed by atoms with Crippen LogP contribution in [0, 0.1) is 0 Å². The molecule has 0 aliphatic rings. The smallest absolute Gasteiger partial charge is 0.335 e. The molecule has 0 saturated carbocycles. The van der Waals surface area contributed by atoms with Gasteiger partial charge in [-0.2, -0.15) is 0 Å². The van der Waals surface area contributed by atoms with E-state index in [4.69, 9.17) is 9.05 Å². The molecule has 7 nitrogen and oxygen atoms in total. The van der Waals surface area contributed by atoms with E-state index in [0.29, 0.717) is 24.0 Å². The fourth-order valence-electron chi connectivity index (χ4n) is 3.16. The SMILES string of the molecule is CCOP(=O)(Cc1ccc(C(=O)N[C@@H](CCCc2ccccc2)C(=O)O)cc1)OCC. The molecule has 0 radical (unpaired) electrons. The standard InChI is InChI=1S/C23H30NO6P/c1-3-29-31(28,30-4-2)17-19-13-15-20(16-14-19)22(25)24-21(23(26)27)12-8-11-18-9-6-5-7-10-18/h5-7,9-10,13-16,21H,3-4,8,11-12,17H2,1-2H3,(H,24,25)(H,26,27)/t21-/m0/s1. The van der Waals surface area contributed by atoms with Crippen molar-refractivity contribution in [3.63, 3.8) is 0 Å². The molecule has 0 unspecified atom stereocenters. The van der Waals surface area contributed by atoms with Gasteiger partial charge in [0.15, 0.2) is 0 Å². The summed E-state index contributed by atoms with van der Waals surface area (Å²) in [5.74, 6) is -1.52. The van der Waals surface area contributed by atoms with Gasteiger partial charge in [0.05, 0.1) is 19.4 Å². The number of carboxylic acid groups (broad SMARTS) is 1. The molecule has 0 spiro atoms. The van der Waals surface area contributed by atoms with Gasteiger partial charge in [-0.15, -0.1) is 0 Å². The van der Waals surface area contributed by atoms with Crippen LogP contribution in [0.2, 0.25) is 0 Å². The number of amides is 1. The molecular formula is C23H30NO6P. The topological polar surface area (TPSA) is 102 Å². The van der Waals surface area contributed by atoms with E-state index in [2.05, 4.69) is 5.32 Å². The Kier molecular flexibility index (Phi) is 9.92. The highest BCUT2D eigenvalue weighted by Gasteiger charge is 2.24. The maximum absolute atomic E-state index is 12.6. The van der Waals surface area contributed by atoms with Gasteiger partial charge >= 0.3 is 13.6 Å². The van der Waals surface area contributed by atoms with E-state index in [9.17, 15) is 19.3 Å². The molecule has 0 aliphatic heterocycles. The van der Waals surface area contributed by atoms with Gasteiger partial charge in [-0.3, -0.25) is 9.36 Å². The molecule has 31 heavy (non-hydrogen) atoms. The molecule has 0 aliphatic carbocycles. The van der Waals surface area contributed by atoms with Crippen LogP contribution in [-0.4, -0.2) is 36.2 Å². The zero-order chi connectivity index (χ0) is 22.7. The van der Waals surface area contributed by atoms with Crippen molar-refractivity contribution in [1.29, 1.82) is 0 Å². The third-order valence-corrected chi connectivity index (χ3v) is 6.70. The van der Waals surface area contributed by atoms with Crippen molar-refractivity contribution in [3.8, 4) is 0 Å². The Labute approximate surface area is 183 Å². The summed E-state index contributed by atoms with van der Waals surface area (Å²) in [4.78, 5) is 24.1. The first-order valence-corrected chi connectivity index (χ1v) is 12.1. The monoisotopic (exact) mass is 447 g/mol. The van der Waals surface area contributed by atoms with Gasteiger partial charge in [-0.1, -0.05) is 42.5 Å². The van der Waals surface area contributed by atoms with Crippen LogP contribution in [0.25, 0.3) is 0 Å². The Morgan fingerprint density at radius 2 is 1.58 bits per heavy atom. The van der Waals surface area contributed by atoms with Crippen LogP contribution in [0.4, 0.5) is 0 Å². The number of hydrogen-bond acceptors (Lipinski definition) is 5. The maximum atomic E-state index is 12.6. The molecular weight excluding hydrogens is 417 g/mol. The largest absolute Gasteiger partial charge is 0.480 e. The van der Waals surface area contributed by atoms with E-state index in [1.807, 2.05) is 30.3 Å². The number of rotatable bonds is 13. The van der Waals surface area contributed by atoms with E-state index in [-0.39, 0.29) is 19.4 Å². The molecule has 168 valence electrons. The Balaban J connectivity index is 1.94. The van der Waals surface area contributed by atoms with Crippen molar-refractivity contribution >= 4 is 19.5 Å². The highest BCUT2D eigenvalue weighted by Crippen LogP contribution is 2.51. The van der Waals surface area contributed by atoms with E-state index in [1.54, 1.807) is 38.1 Å². The second kappa shape index (κ2) is 12.4.